The molecule has 2 aromatic heterocycles. The minimum Gasteiger partial charge on any atom is -0.341 e. The predicted octanol–water partition coefficient (Wildman–Crippen LogP) is 2.97. The van der Waals surface area contributed by atoms with Crippen LogP contribution in [0.4, 0.5) is 0 Å². The van der Waals surface area contributed by atoms with Crippen LogP contribution in [0, 0.1) is 0 Å². The van der Waals surface area contributed by atoms with E-state index in [9.17, 15) is 4.79 Å². The van der Waals surface area contributed by atoms with Crippen LogP contribution < -0.4 is 0 Å². The fraction of sp³-hybridized carbons (Fsp3) is 0.429. The number of hydrogen-bond acceptors (Lipinski definition) is 4. The first-order valence-electron chi connectivity index (χ1n) is 6.43. The maximum atomic E-state index is 12.4. The molecule has 0 fully saturated rings. The number of fused-ring (bicyclic) bond motifs is 1. The van der Waals surface area contributed by atoms with Crippen molar-refractivity contribution < 1.29 is 4.79 Å². The Hall–Kier alpha value is -1.17. The van der Waals surface area contributed by atoms with Crippen LogP contribution in [-0.2, 0) is 0 Å². The van der Waals surface area contributed by atoms with E-state index in [1.54, 1.807) is 11.1 Å². The highest BCUT2D eigenvalue weighted by Crippen LogP contribution is 2.30. The summed E-state index contributed by atoms with van der Waals surface area (Å²) in [5.74, 6) is 0.0426. The summed E-state index contributed by atoms with van der Waals surface area (Å²) in [7, 11) is 5.90. The second-order valence-corrected chi connectivity index (χ2v) is 6.42. The van der Waals surface area contributed by atoms with E-state index in [2.05, 4.69) is 9.88 Å². The van der Waals surface area contributed by atoms with Crippen LogP contribution in [0.1, 0.15) is 16.1 Å². The Labute approximate surface area is 128 Å². The third kappa shape index (κ3) is 3.48. The zero-order valence-corrected chi connectivity index (χ0v) is 13.5. The highest BCUT2D eigenvalue weighted by atomic mass is 35.5. The van der Waals surface area contributed by atoms with E-state index in [0.29, 0.717) is 10.0 Å². The Kier molecular flexibility index (Phi) is 4.96. The summed E-state index contributed by atoms with van der Waals surface area (Å²) < 4.78 is 0.874. The lowest BCUT2D eigenvalue weighted by molar-refractivity contribution is 0.0795. The summed E-state index contributed by atoms with van der Waals surface area (Å²) in [6.45, 7) is 1.72. The summed E-state index contributed by atoms with van der Waals surface area (Å²) in [4.78, 5) is 21.0. The van der Waals surface area contributed by atoms with Crippen molar-refractivity contribution in [2.75, 3.05) is 34.2 Å². The molecule has 0 unspecified atom stereocenters. The minimum atomic E-state index is 0.0426. The van der Waals surface area contributed by atoms with Gasteiger partial charge in [0.2, 0.25) is 0 Å². The molecule has 0 bridgehead atoms. The number of hydrogen-bond donors (Lipinski definition) is 0. The van der Waals surface area contributed by atoms with Gasteiger partial charge < -0.3 is 9.80 Å². The molecule has 0 atom stereocenters. The average Bonchev–Trinajstić information content (AvgIpc) is 2.82. The number of halogens is 1. The second kappa shape index (κ2) is 6.52. The predicted molar refractivity (Wildman–Crippen MR) is 84.8 cm³/mol. The van der Waals surface area contributed by atoms with Gasteiger partial charge in [0, 0.05) is 19.8 Å². The fourth-order valence-electron chi connectivity index (χ4n) is 1.95. The van der Waals surface area contributed by atoms with E-state index in [-0.39, 0.29) is 5.91 Å². The Balaban J connectivity index is 2.09. The molecule has 4 nitrogen and oxygen atoms in total. The number of aromatic nitrogens is 1. The van der Waals surface area contributed by atoms with Crippen molar-refractivity contribution >= 4 is 38.9 Å². The molecule has 1 amide bonds. The molecule has 0 aliphatic carbocycles. The summed E-state index contributed by atoms with van der Waals surface area (Å²) >= 11 is 7.45. The largest absolute Gasteiger partial charge is 0.341 e. The van der Waals surface area contributed by atoms with Crippen molar-refractivity contribution in [1.29, 1.82) is 0 Å². The number of pyridine rings is 1. The molecule has 20 heavy (non-hydrogen) atoms. The van der Waals surface area contributed by atoms with Crippen LogP contribution in [0.3, 0.4) is 0 Å². The van der Waals surface area contributed by atoms with Crippen molar-refractivity contribution in [3.8, 4) is 0 Å². The second-order valence-electron chi connectivity index (χ2n) is 5.01. The number of carbonyl (C=O) groups excluding carboxylic acids is 1. The van der Waals surface area contributed by atoms with Crippen molar-refractivity contribution in [3.05, 3.63) is 28.4 Å². The van der Waals surface area contributed by atoms with E-state index in [0.717, 1.165) is 29.6 Å². The van der Waals surface area contributed by atoms with Crippen LogP contribution in [0.25, 0.3) is 10.1 Å². The zero-order valence-electron chi connectivity index (χ0n) is 11.9. The number of nitrogens with zero attached hydrogens (tertiary/aromatic N) is 3. The summed E-state index contributed by atoms with van der Waals surface area (Å²) in [6.07, 6.45) is 2.62. The number of thiophene rings is 1. The third-order valence-electron chi connectivity index (χ3n) is 3.05. The van der Waals surface area contributed by atoms with Crippen molar-refractivity contribution in [1.82, 2.24) is 14.8 Å². The standard InChI is InChI=1S/C14H18ClN3OS/c1-17(2)7-4-8-18(3)14(19)11-9-10-5-6-16-13(15)12(10)20-11/h5-6,9H,4,7-8H2,1-3H3. The van der Waals surface area contributed by atoms with Crippen molar-refractivity contribution in [2.24, 2.45) is 0 Å². The normalized spacial score (nSPS) is 11.2. The summed E-state index contributed by atoms with van der Waals surface area (Å²) in [5.41, 5.74) is 0. The minimum absolute atomic E-state index is 0.0426. The monoisotopic (exact) mass is 311 g/mol. The quantitative estimate of drug-likeness (QED) is 0.797. The van der Waals surface area contributed by atoms with E-state index in [1.807, 2.05) is 33.3 Å². The number of rotatable bonds is 5. The van der Waals surface area contributed by atoms with Gasteiger partial charge >= 0.3 is 0 Å². The first kappa shape index (κ1) is 15.2. The van der Waals surface area contributed by atoms with Crippen LogP contribution >= 0.6 is 22.9 Å². The van der Waals surface area contributed by atoms with Crippen molar-refractivity contribution in [3.63, 3.8) is 0 Å². The van der Waals surface area contributed by atoms with Crippen molar-refractivity contribution in [2.45, 2.75) is 6.42 Å². The molecule has 2 heterocycles. The van der Waals surface area contributed by atoms with E-state index < -0.39 is 0 Å². The summed E-state index contributed by atoms with van der Waals surface area (Å²) in [6, 6.07) is 3.76. The molecule has 0 aliphatic rings. The number of amides is 1. The molecule has 0 aromatic carbocycles. The average molecular weight is 312 g/mol. The Morgan fingerprint density at radius 3 is 2.75 bits per heavy atom. The molecule has 108 valence electrons. The van der Waals surface area contributed by atoms with Gasteiger partial charge in [-0.2, -0.15) is 0 Å². The van der Waals surface area contributed by atoms with Gasteiger partial charge in [-0.05, 0) is 44.6 Å². The first-order chi connectivity index (χ1) is 9.49. The lowest BCUT2D eigenvalue weighted by Gasteiger charge is -2.17. The van der Waals surface area contributed by atoms with Gasteiger partial charge in [-0.1, -0.05) is 11.6 Å². The van der Waals surface area contributed by atoms with Gasteiger partial charge in [0.25, 0.3) is 5.91 Å². The molecule has 0 radical (unpaired) electrons. The Morgan fingerprint density at radius 2 is 2.10 bits per heavy atom. The van der Waals surface area contributed by atoms with Gasteiger partial charge in [-0.25, -0.2) is 4.98 Å². The molecule has 0 saturated carbocycles. The SMILES string of the molecule is CN(C)CCCN(C)C(=O)c1cc2ccnc(Cl)c2s1. The van der Waals surface area contributed by atoms with Crippen LogP contribution in [-0.4, -0.2) is 54.9 Å². The molecule has 0 saturated heterocycles. The first-order valence-corrected chi connectivity index (χ1v) is 7.62. The van der Waals surface area contributed by atoms with Gasteiger partial charge in [-0.15, -0.1) is 11.3 Å². The Morgan fingerprint density at radius 1 is 1.35 bits per heavy atom. The fourth-order valence-corrected chi connectivity index (χ4v) is 3.26. The van der Waals surface area contributed by atoms with Gasteiger partial charge in [0.05, 0.1) is 9.58 Å². The van der Waals surface area contributed by atoms with E-state index in [4.69, 9.17) is 11.6 Å². The van der Waals surface area contributed by atoms with Crippen LogP contribution in [0.15, 0.2) is 18.3 Å². The maximum Gasteiger partial charge on any atom is 0.263 e. The highest BCUT2D eigenvalue weighted by molar-refractivity contribution is 7.21. The zero-order chi connectivity index (χ0) is 14.7. The van der Waals surface area contributed by atoms with Crippen LogP contribution in [0.5, 0.6) is 0 Å². The third-order valence-corrected chi connectivity index (χ3v) is 4.59. The smallest absolute Gasteiger partial charge is 0.263 e. The van der Waals surface area contributed by atoms with Gasteiger partial charge in [-0.3, -0.25) is 4.79 Å². The molecule has 2 rings (SSSR count). The van der Waals surface area contributed by atoms with E-state index in [1.165, 1.54) is 11.3 Å². The van der Waals surface area contributed by atoms with Crippen LogP contribution in [0.2, 0.25) is 5.15 Å². The molecule has 2 aromatic rings. The molecule has 0 spiro atoms. The van der Waals surface area contributed by atoms with Gasteiger partial charge in [0.15, 0.2) is 0 Å². The number of carbonyl (C=O) groups is 1. The lowest BCUT2D eigenvalue weighted by Crippen LogP contribution is -2.29. The maximum absolute atomic E-state index is 12.4. The molecule has 0 N–H and O–H groups in total. The summed E-state index contributed by atoms with van der Waals surface area (Å²) in [5, 5.41) is 1.43. The molecular weight excluding hydrogens is 294 g/mol. The highest BCUT2D eigenvalue weighted by Gasteiger charge is 2.16. The molecule has 0 aliphatic heterocycles. The van der Waals surface area contributed by atoms with Gasteiger partial charge in [0.1, 0.15) is 5.15 Å². The molecule has 6 heteroatoms. The van der Waals surface area contributed by atoms with E-state index >= 15 is 0 Å². The molecular formula is C14H18ClN3OS. The lowest BCUT2D eigenvalue weighted by atomic mass is 10.3. The Bertz CT molecular complexity index is 611. The topological polar surface area (TPSA) is 36.4 Å².